The van der Waals surface area contributed by atoms with Crippen LogP contribution < -0.4 is 9.64 Å². The van der Waals surface area contributed by atoms with Crippen LogP contribution in [0.4, 0.5) is 5.69 Å². The average molecular weight is 425 g/mol. The molecule has 5 rings (SSSR count). The summed E-state index contributed by atoms with van der Waals surface area (Å²) in [4.78, 5) is 17.8. The van der Waals surface area contributed by atoms with Gasteiger partial charge in [0.15, 0.2) is 0 Å². The highest BCUT2D eigenvalue weighted by Crippen LogP contribution is 2.56. The van der Waals surface area contributed by atoms with Gasteiger partial charge in [-0.15, -0.1) is 0 Å². The van der Waals surface area contributed by atoms with Crippen molar-refractivity contribution in [2.24, 2.45) is 0 Å². The molecule has 4 nitrogen and oxygen atoms in total. The Labute approximate surface area is 189 Å². The first-order valence-corrected chi connectivity index (χ1v) is 11.0. The molecule has 1 amide bonds. The molecular formula is C28H28N2O2. The molecule has 162 valence electrons. The normalized spacial score (nSPS) is 21.2. The summed E-state index contributed by atoms with van der Waals surface area (Å²) in [5, 5.41) is 0. The predicted molar refractivity (Wildman–Crippen MR) is 129 cm³/mol. The van der Waals surface area contributed by atoms with Crippen LogP contribution in [0.2, 0.25) is 0 Å². The average Bonchev–Trinajstić information content (AvgIpc) is 3.20. The van der Waals surface area contributed by atoms with E-state index >= 15 is 0 Å². The van der Waals surface area contributed by atoms with E-state index in [1.165, 1.54) is 5.56 Å². The summed E-state index contributed by atoms with van der Waals surface area (Å²) in [6, 6.07) is 26.7. The van der Waals surface area contributed by atoms with Crippen LogP contribution in [0.15, 0.2) is 84.9 Å². The quantitative estimate of drug-likeness (QED) is 0.561. The fourth-order valence-electron chi connectivity index (χ4n) is 5.35. The molecule has 0 bridgehead atoms. The van der Waals surface area contributed by atoms with Crippen LogP contribution in [-0.4, -0.2) is 30.1 Å². The molecule has 32 heavy (non-hydrogen) atoms. The molecule has 3 aromatic rings. The molecule has 0 aromatic heterocycles. The lowest BCUT2D eigenvalue weighted by atomic mass is 9.74. The minimum Gasteiger partial charge on any atom is -0.497 e. The number of hydrogen-bond acceptors (Lipinski definition) is 3. The molecule has 1 saturated heterocycles. The van der Waals surface area contributed by atoms with E-state index in [9.17, 15) is 4.79 Å². The summed E-state index contributed by atoms with van der Waals surface area (Å²) < 4.78 is 5.30. The second kappa shape index (κ2) is 7.56. The van der Waals surface area contributed by atoms with E-state index in [1.807, 2.05) is 42.5 Å². The number of amides is 1. The standard InChI is InChI=1S/C28H28N2O2/c1-27(2)24-11-7-8-12-25(24)29-20-26(31)30(19-22-9-5-4-6-10-22)28(27,29)18-17-21-13-15-23(32-3)16-14-21/h4-18H,19-20H2,1-3H3. The second-order valence-corrected chi connectivity index (χ2v) is 9.03. The van der Waals surface area contributed by atoms with Crippen LogP contribution in [0.3, 0.4) is 0 Å². The molecule has 2 heterocycles. The Bertz CT molecular complexity index is 1170. The number of para-hydroxylation sites is 1. The molecule has 0 N–H and O–H groups in total. The smallest absolute Gasteiger partial charge is 0.244 e. The second-order valence-electron chi connectivity index (χ2n) is 9.03. The van der Waals surface area contributed by atoms with Gasteiger partial charge < -0.3 is 14.5 Å². The summed E-state index contributed by atoms with van der Waals surface area (Å²) in [6.07, 6.45) is 4.36. The van der Waals surface area contributed by atoms with Crippen molar-refractivity contribution < 1.29 is 9.53 Å². The molecule has 0 radical (unpaired) electrons. The van der Waals surface area contributed by atoms with Crippen molar-refractivity contribution in [3.63, 3.8) is 0 Å². The van der Waals surface area contributed by atoms with Crippen LogP contribution in [0.25, 0.3) is 6.08 Å². The van der Waals surface area contributed by atoms with Crippen molar-refractivity contribution >= 4 is 17.7 Å². The fourth-order valence-corrected chi connectivity index (χ4v) is 5.35. The van der Waals surface area contributed by atoms with Gasteiger partial charge in [-0.2, -0.15) is 0 Å². The van der Waals surface area contributed by atoms with Gasteiger partial charge in [0, 0.05) is 17.6 Å². The molecule has 3 aromatic carbocycles. The Morgan fingerprint density at radius 3 is 2.34 bits per heavy atom. The zero-order valence-electron chi connectivity index (χ0n) is 18.8. The number of anilines is 1. The molecule has 0 aliphatic carbocycles. The lowest BCUT2D eigenvalue weighted by Crippen LogP contribution is -2.60. The predicted octanol–water partition coefficient (Wildman–Crippen LogP) is 5.24. The van der Waals surface area contributed by atoms with Crippen LogP contribution in [0.1, 0.15) is 30.5 Å². The van der Waals surface area contributed by atoms with Crippen molar-refractivity contribution in [3.05, 3.63) is 102 Å². The van der Waals surface area contributed by atoms with E-state index in [0.717, 1.165) is 22.6 Å². The summed E-state index contributed by atoms with van der Waals surface area (Å²) in [6.45, 7) is 5.45. The SMILES string of the molecule is COc1ccc(C=CC23N(Cc4ccccc4)C(=O)CN2c2ccccc2C3(C)C)cc1. The highest BCUT2D eigenvalue weighted by Gasteiger charge is 2.63. The lowest BCUT2D eigenvalue weighted by molar-refractivity contribution is -0.131. The van der Waals surface area contributed by atoms with Crippen LogP contribution in [-0.2, 0) is 16.8 Å². The summed E-state index contributed by atoms with van der Waals surface area (Å²) in [7, 11) is 1.67. The minimum absolute atomic E-state index is 0.149. The van der Waals surface area contributed by atoms with Crippen LogP contribution >= 0.6 is 0 Å². The maximum Gasteiger partial charge on any atom is 0.244 e. The molecule has 1 atom stereocenters. The first kappa shape index (κ1) is 20.4. The van der Waals surface area contributed by atoms with E-state index in [-0.39, 0.29) is 11.3 Å². The minimum atomic E-state index is -0.594. The first-order chi connectivity index (χ1) is 15.5. The fraction of sp³-hybridized carbons (Fsp3) is 0.250. The van der Waals surface area contributed by atoms with E-state index in [1.54, 1.807) is 7.11 Å². The molecule has 2 aliphatic rings. The Morgan fingerprint density at radius 1 is 0.938 bits per heavy atom. The maximum absolute atomic E-state index is 13.4. The highest BCUT2D eigenvalue weighted by molar-refractivity contribution is 5.91. The Kier molecular flexibility index (Phi) is 4.81. The largest absolute Gasteiger partial charge is 0.497 e. The van der Waals surface area contributed by atoms with Gasteiger partial charge in [-0.05, 0) is 41.0 Å². The Balaban J connectivity index is 1.64. The van der Waals surface area contributed by atoms with Crippen LogP contribution in [0.5, 0.6) is 5.75 Å². The Morgan fingerprint density at radius 2 is 1.62 bits per heavy atom. The molecule has 1 fully saturated rings. The first-order valence-electron chi connectivity index (χ1n) is 11.0. The van der Waals surface area contributed by atoms with Gasteiger partial charge in [0.1, 0.15) is 11.4 Å². The molecule has 1 unspecified atom stereocenters. The molecule has 0 saturated carbocycles. The topological polar surface area (TPSA) is 32.8 Å². The lowest BCUT2D eigenvalue weighted by Gasteiger charge is -2.46. The molecular weight excluding hydrogens is 396 g/mol. The van der Waals surface area contributed by atoms with Crippen molar-refractivity contribution in [3.8, 4) is 5.75 Å². The number of hydrogen-bond donors (Lipinski definition) is 0. The summed E-state index contributed by atoms with van der Waals surface area (Å²) in [5.74, 6) is 0.980. The number of benzene rings is 3. The van der Waals surface area contributed by atoms with E-state index in [0.29, 0.717) is 13.1 Å². The van der Waals surface area contributed by atoms with E-state index < -0.39 is 5.66 Å². The zero-order chi connectivity index (χ0) is 22.3. The molecule has 0 spiro atoms. The monoisotopic (exact) mass is 424 g/mol. The Hall–Kier alpha value is -3.53. The summed E-state index contributed by atoms with van der Waals surface area (Å²) >= 11 is 0. The van der Waals surface area contributed by atoms with Gasteiger partial charge in [0.05, 0.1) is 13.7 Å². The van der Waals surface area contributed by atoms with Gasteiger partial charge in [0.2, 0.25) is 5.91 Å². The van der Waals surface area contributed by atoms with Gasteiger partial charge in [0.25, 0.3) is 0 Å². The number of methoxy groups -OCH3 is 1. The van der Waals surface area contributed by atoms with E-state index in [4.69, 9.17) is 4.74 Å². The number of fused-ring (bicyclic) bond motifs is 3. The van der Waals surface area contributed by atoms with Gasteiger partial charge in [-0.3, -0.25) is 4.79 Å². The third-order valence-corrected chi connectivity index (χ3v) is 7.01. The van der Waals surface area contributed by atoms with Gasteiger partial charge in [-0.1, -0.05) is 80.6 Å². The zero-order valence-corrected chi connectivity index (χ0v) is 18.8. The van der Waals surface area contributed by atoms with Crippen molar-refractivity contribution in [1.29, 1.82) is 0 Å². The van der Waals surface area contributed by atoms with Crippen LogP contribution in [0, 0.1) is 0 Å². The molecule has 2 aliphatic heterocycles. The number of carbonyl (C=O) groups excluding carboxylic acids is 1. The number of ether oxygens (including phenoxy) is 1. The maximum atomic E-state index is 13.4. The number of nitrogens with zero attached hydrogens (tertiary/aromatic N) is 2. The number of rotatable bonds is 5. The third kappa shape index (κ3) is 2.94. The van der Waals surface area contributed by atoms with Gasteiger partial charge >= 0.3 is 0 Å². The number of carbonyl (C=O) groups is 1. The van der Waals surface area contributed by atoms with Crippen molar-refractivity contribution in [2.75, 3.05) is 18.6 Å². The van der Waals surface area contributed by atoms with Crippen molar-refractivity contribution in [1.82, 2.24) is 4.90 Å². The highest BCUT2D eigenvalue weighted by atomic mass is 16.5. The third-order valence-electron chi connectivity index (χ3n) is 7.01. The molecule has 4 heteroatoms. The van der Waals surface area contributed by atoms with Crippen molar-refractivity contribution in [2.45, 2.75) is 31.5 Å². The van der Waals surface area contributed by atoms with Gasteiger partial charge in [-0.25, -0.2) is 0 Å². The van der Waals surface area contributed by atoms with E-state index in [2.05, 4.69) is 72.2 Å². The summed E-state index contributed by atoms with van der Waals surface area (Å²) in [5.41, 5.74) is 3.72.